The van der Waals surface area contributed by atoms with Crippen LogP contribution >= 0.6 is 0 Å². The number of benzene rings is 2. The Kier molecular flexibility index (Phi) is 8.86. The molecule has 0 aliphatic carbocycles. The molecule has 2 amide bonds. The Morgan fingerprint density at radius 1 is 1.14 bits per heavy atom. The summed E-state index contributed by atoms with van der Waals surface area (Å²) in [6.45, 7) is 3.14. The van der Waals surface area contributed by atoms with Crippen LogP contribution in [0.4, 0.5) is 21.5 Å². The molecule has 4 unspecified atom stereocenters. The van der Waals surface area contributed by atoms with Crippen LogP contribution in [0, 0.1) is 11.7 Å². The van der Waals surface area contributed by atoms with Gasteiger partial charge in [0.2, 0.25) is 11.7 Å². The lowest BCUT2D eigenvalue weighted by Gasteiger charge is -2.36. The molecule has 0 saturated heterocycles. The fourth-order valence-corrected chi connectivity index (χ4v) is 7.12. The van der Waals surface area contributed by atoms with Gasteiger partial charge in [-0.2, -0.15) is 0 Å². The highest BCUT2D eigenvalue weighted by molar-refractivity contribution is 7.90. The van der Waals surface area contributed by atoms with E-state index < -0.39 is 86.1 Å². The first kappa shape index (κ1) is 32.2. The van der Waals surface area contributed by atoms with E-state index in [9.17, 15) is 42.6 Å². The molecular weight excluding hydrogens is 605 g/mol. The lowest BCUT2D eigenvalue weighted by Crippen LogP contribution is -2.54. The van der Waals surface area contributed by atoms with Crippen LogP contribution in [-0.4, -0.2) is 86.0 Å². The van der Waals surface area contributed by atoms with Gasteiger partial charge in [0, 0.05) is 48.1 Å². The predicted molar refractivity (Wildman–Crippen MR) is 153 cm³/mol. The summed E-state index contributed by atoms with van der Waals surface area (Å²) in [5.74, 6) is -12.6. The lowest BCUT2D eigenvalue weighted by atomic mass is 9.79. The van der Waals surface area contributed by atoms with E-state index in [0.717, 1.165) is 25.3 Å². The van der Waals surface area contributed by atoms with Crippen molar-refractivity contribution in [2.75, 3.05) is 41.3 Å². The largest absolute Gasteiger partial charge is 0.493 e. The van der Waals surface area contributed by atoms with Crippen molar-refractivity contribution in [3.05, 3.63) is 41.2 Å². The van der Waals surface area contributed by atoms with Crippen molar-refractivity contribution in [2.24, 2.45) is 5.92 Å². The molecule has 4 rings (SSSR count). The Labute approximate surface area is 251 Å². The van der Waals surface area contributed by atoms with Gasteiger partial charge < -0.3 is 30.3 Å². The summed E-state index contributed by atoms with van der Waals surface area (Å²) in [5, 5.41) is 25.1. The van der Waals surface area contributed by atoms with E-state index >= 15 is 4.39 Å². The van der Waals surface area contributed by atoms with Crippen LogP contribution in [0.2, 0.25) is 0 Å². The molecule has 236 valence electrons. The van der Waals surface area contributed by atoms with Gasteiger partial charge in [0.05, 0.1) is 37.1 Å². The Morgan fingerprint density at radius 2 is 1.82 bits per heavy atom. The minimum absolute atomic E-state index is 0.0647. The molecule has 16 heteroatoms. The number of hydrogen-bond acceptors (Lipinski definition) is 10. The summed E-state index contributed by atoms with van der Waals surface area (Å²) in [7, 11) is -2.56. The van der Waals surface area contributed by atoms with Crippen molar-refractivity contribution in [2.45, 2.75) is 38.3 Å². The number of ketones is 1. The number of fused-ring (bicyclic) bond motifs is 2. The average Bonchev–Trinajstić information content (AvgIpc) is 3.51. The number of rotatable bonds is 10. The Balaban J connectivity index is 1.98. The highest BCUT2D eigenvalue weighted by atomic mass is 32.2. The topological polar surface area (TPSA) is 206 Å². The van der Waals surface area contributed by atoms with E-state index in [0.29, 0.717) is 34.3 Å². The monoisotopic (exact) mass is 635 g/mol. The first-order valence-corrected chi connectivity index (χ1v) is 15.4. The zero-order valence-corrected chi connectivity index (χ0v) is 24.9. The van der Waals surface area contributed by atoms with E-state index in [1.54, 1.807) is 19.1 Å². The lowest BCUT2D eigenvalue weighted by molar-refractivity contribution is -0.150. The highest BCUT2D eigenvalue weighted by Crippen LogP contribution is 2.51. The van der Waals surface area contributed by atoms with Gasteiger partial charge in [-0.1, -0.05) is 0 Å². The van der Waals surface area contributed by atoms with Crippen LogP contribution in [0.25, 0.3) is 0 Å². The molecule has 0 bridgehead atoms. The maximum absolute atomic E-state index is 15.6. The summed E-state index contributed by atoms with van der Waals surface area (Å²) < 4.78 is 52.2. The number of carboxylic acids is 2. The van der Waals surface area contributed by atoms with Gasteiger partial charge in [-0.05, 0) is 37.1 Å². The number of methoxy groups -OCH3 is 1. The second-order valence-corrected chi connectivity index (χ2v) is 12.6. The SMILES string of the molecule is CCOc1cc2c(cc1OC)CC(C(CS(C)(=O)=O)C1C(C(=O)C(=O)O)c3c(NC(C)=O)ccc(F)c3N1C(=O)C(=O)O)N2. The van der Waals surface area contributed by atoms with Crippen molar-refractivity contribution >= 4 is 56.4 Å². The van der Waals surface area contributed by atoms with Gasteiger partial charge in [0.25, 0.3) is 0 Å². The number of aliphatic carboxylic acids is 2. The van der Waals surface area contributed by atoms with Gasteiger partial charge in [0.1, 0.15) is 15.7 Å². The van der Waals surface area contributed by atoms with Gasteiger partial charge in [-0.15, -0.1) is 0 Å². The summed E-state index contributed by atoms with van der Waals surface area (Å²) in [4.78, 5) is 63.3. The van der Waals surface area contributed by atoms with E-state index in [2.05, 4.69) is 10.6 Å². The third-order valence-corrected chi connectivity index (χ3v) is 8.48. The molecular formula is C28H30FN3O11S. The number of Topliss-reactive ketones (excluding diaryl/α,β-unsaturated/α-hetero) is 1. The predicted octanol–water partition coefficient (Wildman–Crippen LogP) is 1.43. The number of nitrogens with zero attached hydrogens (tertiary/aromatic N) is 1. The van der Waals surface area contributed by atoms with Crippen molar-refractivity contribution in [1.82, 2.24) is 0 Å². The Bertz CT molecular complexity index is 1680. The average molecular weight is 636 g/mol. The van der Waals surface area contributed by atoms with E-state index in [4.69, 9.17) is 9.47 Å². The Hall–Kier alpha value is -4.73. The molecule has 0 saturated carbocycles. The number of anilines is 3. The third kappa shape index (κ3) is 6.02. The van der Waals surface area contributed by atoms with Crippen molar-refractivity contribution < 1.29 is 56.5 Å². The summed E-state index contributed by atoms with van der Waals surface area (Å²) in [5.41, 5.74) is -0.350. The van der Waals surface area contributed by atoms with E-state index in [1.807, 2.05) is 0 Å². The normalized spacial score (nSPS) is 19.3. The molecule has 4 N–H and O–H groups in total. The van der Waals surface area contributed by atoms with Gasteiger partial charge in [-0.3, -0.25) is 19.3 Å². The highest BCUT2D eigenvalue weighted by Gasteiger charge is 2.56. The quantitative estimate of drug-likeness (QED) is 0.274. The van der Waals surface area contributed by atoms with Gasteiger partial charge in [0.15, 0.2) is 11.5 Å². The second kappa shape index (κ2) is 12.1. The van der Waals surface area contributed by atoms with Crippen molar-refractivity contribution in [1.29, 1.82) is 0 Å². The fraction of sp³-hybridized carbons (Fsp3) is 0.393. The number of amides is 2. The maximum atomic E-state index is 15.6. The summed E-state index contributed by atoms with van der Waals surface area (Å²) in [6, 6.07) is 2.33. The summed E-state index contributed by atoms with van der Waals surface area (Å²) >= 11 is 0. The summed E-state index contributed by atoms with van der Waals surface area (Å²) in [6.07, 6.45) is 0.941. The minimum Gasteiger partial charge on any atom is -0.493 e. The zero-order chi connectivity index (χ0) is 32.7. The number of ether oxygens (including phenoxy) is 2. The molecule has 0 spiro atoms. The smallest absolute Gasteiger partial charge is 0.394 e. The zero-order valence-electron chi connectivity index (χ0n) is 24.0. The minimum atomic E-state index is -3.98. The van der Waals surface area contributed by atoms with Crippen LogP contribution in [0.5, 0.6) is 11.5 Å². The molecule has 2 heterocycles. The van der Waals surface area contributed by atoms with E-state index in [1.165, 1.54) is 7.11 Å². The molecule has 4 atom stereocenters. The maximum Gasteiger partial charge on any atom is 0.394 e. The molecule has 0 radical (unpaired) electrons. The number of carboxylic acid groups (broad SMARTS) is 2. The van der Waals surface area contributed by atoms with Crippen molar-refractivity contribution in [3.63, 3.8) is 0 Å². The number of carbonyl (C=O) groups excluding carboxylic acids is 3. The van der Waals surface area contributed by atoms with Gasteiger partial charge in [-0.25, -0.2) is 22.4 Å². The van der Waals surface area contributed by atoms with Crippen LogP contribution in [0.15, 0.2) is 24.3 Å². The van der Waals surface area contributed by atoms with Crippen LogP contribution < -0.4 is 25.0 Å². The number of hydrogen-bond donors (Lipinski definition) is 4. The third-order valence-electron chi connectivity index (χ3n) is 7.49. The van der Waals surface area contributed by atoms with Crippen LogP contribution in [-0.2, 0) is 40.2 Å². The Morgan fingerprint density at radius 3 is 2.36 bits per heavy atom. The molecule has 2 aromatic carbocycles. The molecule has 2 aliphatic rings. The van der Waals surface area contributed by atoms with Crippen LogP contribution in [0.3, 0.4) is 0 Å². The first-order valence-electron chi connectivity index (χ1n) is 13.3. The standard InChI is InChI=1S/C28H30FN3O11S/c1-5-43-20-10-17-13(9-19(20)42-3)8-18(31-17)14(11-44(4,40)41)23-22(25(34)27(36)37)21-16(30-12(2)33)7-6-15(29)24(21)32(23)26(35)28(38)39/h6-7,9-10,14,18,22-23,31H,5,8,11H2,1-4H3,(H,30,33)(H,36,37)(H,38,39). The molecule has 0 fully saturated rings. The molecule has 0 aromatic heterocycles. The number of nitrogens with one attached hydrogen (secondary N) is 2. The van der Waals surface area contributed by atoms with E-state index in [-0.39, 0.29) is 12.1 Å². The molecule has 2 aromatic rings. The fourth-order valence-electron chi connectivity index (χ4n) is 5.99. The second-order valence-electron chi connectivity index (χ2n) is 10.5. The number of sulfone groups is 1. The van der Waals surface area contributed by atoms with Crippen molar-refractivity contribution in [3.8, 4) is 11.5 Å². The number of carbonyl (C=O) groups is 5. The molecule has 14 nitrogen and oxygen atoms in total. The molecule has 44 heavy (non-hydrogen) atoms. The first-order chi connectivity index (χ1) is 20.6. The van der Waals surface area contributed by atoms with Gasteiger partial charge >= 0.3 is 17.8 Å². The molecule has 2 aliphatic heterocycles. The van der Waals surface area contributed by atoms with Crippen LogP contribution in [0.1, 0.15) is 30.9 Å². The number of halogens is 1.